The predicted molar refractivity (Wildman–Crippen MR) is 71.4 cm³/mol. The summed E-state index contributed by atoms with van der Waals surface area (Å²) in [5, 5.41) is 3.41. The van der Waals surface area contributed by atoms with Gasteiger partial charge in [0.25, 0.3) is 0 Å². The molecule has 4 heteroatoms. The fourth-order valence-corrected chi connectivity index (χ4v) is 2.53. The Morgan fingerprint density at radius 2 is 2.35 bits per heavy atom. The lowest BCUT2D eigenvalue weighted by Crippen LogP contribution is -2.36. The van der Waals surface area contributed by atoms with Crippen LogP contribution in [-0.4, -0.2) is 40.6 Å². The van der Waals surface area contributed by atoms with Crippen LogP contribution in [0.2, 0.25) is 0 Å². The third-order valence-corrected chi connectivity index (χ3v) is 3.52. The molecule has 4 nitrogen and oxygen atoms in total. The third kappa shape index (κ3) is 3.00. The van der Waals surface area contributed by atoms with E-state index in [1.54, 1.807) is 0 Å². The van der Waals surface area contributed by atoms with Crippen molar-refractivity contribution in [1.29, 1.82) is 0 Å². The van der Waals surface area contributed by atoms with Gasteiger partial charge in [0, 0.05) is 31.5 Å². The van der Waals surface area contributed by atoms with E-state index in [2.05, 4.69) is 39.8 Å². The molecule has 1 N–H and O–H groups in total. The zero-order valence-electron chi connectivity index (χ0n) is 11.0. The molecule has 1 fully saturated rings. The Morgan fingerprint density at radius 3 is 3.12 bits per heavy atom. The van der Waals surface area contributed by atoms with Gasteiger partial charge in [-0.15, -0.1) is 0 Å². The second-order valence-corrected chi connectivity index (χ2v) is 4.77. The number of anilines is 1. The van der Waals surface area contributed by atoms with Crippen molar-refractivity contribution in [2.75, 3.05) is 31.5 Å². The van der Waals surface area contributed by atoms with Crippen molar-refractivity contribution in [3.05, 3.63) is 12.4 Å². The average molecular weight is 236 g/mol. The first-order chi connectivity index (χ1) is 8.35. The van der Waals surface area contributed by atoms with Gasteiger partial charge in [0.2, 0.25) is 5.95 Å². The van der Waals surface area contributed by atoms with E-state index in [9.17, 15) is 0 Å². The molecule has 0 amide bonds. The molecule has 1 unspecified atom stereocenters. The molecular weight excluding hydrogens is 212 g/mol. The average Bonchev–Trinajstić information content (AvgIpc) is 2.84. The predicted octanol–water partition coefficient (Wildman–Crippen LogP) is 2.36. The molecule has 2 heterocycles. The van der Waals surface area contributed by atoms with Crippen LogP contribution in [0.1, 0.15) is 39.2 Å². The fraction of sp³-hybridized carbons (Fsp3) is 0.769. The monoisotopic (exact) mass is 236 g/mol. The Kier molecular flexibility index (Phi) is 4.42. The Balaban J connectivity index is 2.02. The summed E-state index contributed by atoms with van der Waals surface area (Å²) >= 11 is 0. The largest absolute Gasteiger partial charge is 0.356 e. The van der Waals surface area contributed by atoms with Crippen molar-refractivity contribution in [3.63, 3.8) is 0 Å². The maximum atomic E-state index is 4.41. The lowest BCUT2D eigenvalue weighted by atomic mass is 10.1. The van der Waals surface area contributed by atoms with Crippen LogP contribution in [0.5, 0.6) is 0 Å². The van der Waals surface area contributed by atoms with Crippen molar-refractivity contribution >= 4 is 5.95 Å². The molecule has 0 aliphatic carbocycles. The van der Waals surface area contributed by atoms with Crippen molar-refractivity contribution < 1.29 is 0 Å². The number of hydrogen-bond acceptors (Lipinski definition) is 3. The van der Waals surface area contributed by atoms with Gasteiger partial charge in [-0.25, -0.2) is 4.98 Å². The molecule has 2 rings (SSSR count). The third-order valence-electron chi connectivity index (χ3n) is 3.52. The normalized spacial score (nSPS) is 21.6. The lowest BCUT2D eigenvalue weighted by Gasteiger charge is -2.33. The van der Waals surface area contributed by atoms with Crippen molar-refractivity contribution in [1.82, 2.24) is 14.5 Å². The number of nitrogens with one attached hydrogen (secondary N) is 1. The summed E-state index contributed by atoms with van der Waals surface area (Å²) < 4.78 is 2.32. The number of nitrogens with zero attached hydrogens (tertiary/aromatic N) is 3. The molecule has 96 valence electrons. The Morgan fingerprint density at radius 1 is 1.47 bits per heavy atom. The maximum absolute atomic E-state index is 4.41. The Labute approximate surface area is 104 Å². The summed E-state index contributed by atoms with van der Waals surface area (Å²) in [4.78, 5) is 6.94. The number of likely N-dealkylation sites (tertiary alicyclic amines) is 1. The minimum absolute atomic E-state index is 0.588. The summed E-state index contributed by atoms with van der Waals surface area (Å²) in [7, 11) is 0. The quantitative estimate of drug-likeness (QED) is 0.852. The minimum Gasteiger partial charge on any atom is -0.356 e. The van der Waals surface area contributed by atoms with Gasteiger partial charge in [-0.2, -0.15) is 0 Å². The van der Waals surface area contributed by atoms with Gasteiger partial charge in [-0.05, 0) is 32.4 Å². The lowest BCUT2D eigenvalue weighted by molar-refractivity contribution is 0.186. The topological polar surface area (TPSA) is 33.1 Å². The number of hydrogen-bond donors (Lipinski definition) is 1. The standard InChI is InChI=1S/C13H24N4/c1-3-7-14-13-15-8-10-17(13)12-6-5-9-16(4-2)11-12/h8,10,12H,3-7,9,11H2,1-2H3,(H,14,15). The van der Waals surface area contributed by atoms with Crippen LogP contribution < -0.4 is 5.32 Å². The molecule has 1 atom stereocenters. The van der Waals surface area contributed by atoms with E-state index in [0.717, 1.165) is 32.0 Å². The van der Waals surface area contributed by atoms with Gasteiger partial charge in [-0.1, -0.05) is 13.8 Å². The van der Waals surface area contributed by atoms with Crippen LogP contribution in [0, 0.1) is 0 Å². The molecule has 0 spiro atoms. The first-order valence-electron chi connectivity index (χ1n) is 6.84. The van der Waals surface area contributed by atoms with Crippen LogP contribution in [0.4, 0.5) is 5.95 Å². The zero-order valence-corrected chi connectivity index (χ0v) is 11.0. The SMILES string of the molecule is CCCNc1nccn1C1CCCN(CC)C1. The molecule has 0 saturated carbocycles. The van der Waals surface area contributed by atoms with E-state index < -0.39 is 0 Å². The molecule has 1 saturated heterocycles. The highest BCUT2D eigenvalue weighted by Crippen LogP contribution is 2.24. The van der Waals surface area contributed by atoms with Gasteiger partial charge < -0.3 is 14.8 Å². The van der Waals surface area contributed by atoms with Crippen LogP contribution in [-0.2, 0) is 0 Å². The Hall–Kier alpha value is -1.03. The molecule has 1 aromatic rings. The number of imidazole rings is 1. The number of likely N-dealkylation sites (N-methyl/N-ethyl adjacent to an activating group) is 1. The van der Waals surface area contributed by atoms with Crippen LogP contribution >= 0.6 is 0 Å². The molecule has 0 aromatic carbocycles. The van der Waals surface area contributed by atoms with Crippen molar-refractivity contribution in [2.24, 2.45) is 0 Å². The van der Waals surface area contributed by atoms with E-state index in [1.807, 2.05) is 6.20 Å². The second kappa shape index (κ2) is 6.05. The highest BCUT2D eigenvalue weighted by molar-refractivity contribution is 5.26. The molecular formula is C13H24N4. The van der Waals surface area contributed by atoms with E-state index in [4.69, 9.17) is 0 Å². The fourth-order valence-electron chi connectivity index (χ4n) is 2.53. The van der Waals surface area contributed by atoms with Gasteiger partial charge in [0.1, 0.15) is 0 Å². The number of aromatic nitrogens is 2. The van der Waals surface area contributed by atoms with Gasteiger partial charge in [-0.3, -0.25) is 0 Å². The summed E-state index contributed by atoms with van der Waals surface area (Å²) in [6, 6.07) is 0.588. The molecule has 17 heavy (non-hydrogen) atoms. The molecule has 0 radical (unpaired) electrons. The van der Waals surface area contributed by atoms with Crippen molar-refractivity contribution in [3.8, 4) is 0 Å². The van der Waals surface area contributed by atoms with E-state index in [-0.39, 0.29) is 0 Å². The summed E-state index contributed by atoms with van der Waals surface area (Å²) in [6.07, 6.45) is 7.72. The zero-order chi connectivity index (χ0) is 12.1. The van der Waals surface area contributed by atoms with Gasteiger partial charge in [0.05, 0.1) is 0 Å². The highest BCUT2D eigenvalue weighted by Gasteiger charge is 2.21. The molecule has 1 aliphatic heterocycles. The minimum atomic E-state index is 0.588. The Bertz CT molecular complexity index is 334. The van der Waals surface area contributed by atoms with Gasteiger partial charge >= 0.3 is 0 Å². The maximum Gasteiger partial charge on any atom is 0.203 e. The molecule has 0 bridgehead atoms. The second-order valence-electron chi connectivity index (χ2n) is 4.77. The van der Waals surface area contributed by atoms with E-state index in [0.29, 0.717) is 6.04 Å². The first kappa shape index (κ1) is 12.4. The first-order valence-corrected chi connectivity index (χ1v) is 6.84. The highest BCUT2D eigenvalue weighted by atomic mass is 15.2. The number of rotatable bonds is 5. The summed E-state index contributed by atoms with van der Waals surface area (Å²) in [5.41, 5.74) is 0. The summed E-state index contributed by atoms with van der Waals surface area (Å²) in [5.74, 6) is 1.04. The van der Waals surface area contributed by atoms with Crippen LogP contribution in [0.25, 0.3) is 0 Å². The van der Waals surface area contributed by atoms with E-state index >= 15 is 0 Å². The van der Waals surface area contributed by atoms with E-state index in [1.165, 1.54) is 19.4 Å². The van der Waals surface area contributed by atoms with Gasteiger partial charge in [0.15, 0.2) is 0 Å². The smallest absolute Gasteiger partial charge is 0.203 e. The van der Waals surface area contributed by atoms with Crippen LogP contribution in [0.3, 0.4) is 0 Å². The summed E-state index contributed by atoms with van der Waals surface area (Å²) in [6.45, 7) is 8.99. The molecule has 1 aliphatic rings. The van der Waals surface area contributed by atoms with Crippen molar-refractivity contribution in [2.45, 2.75) is 39.2 Å². The number of piperidine rings is 1. The van der Waals surface area contributed by atoms with Crippen LogP contribution in [0.15, 0.2) is 12.4 Å². The molecule has 1 aromatic heterocycles.